The Morgan fingerprint density at radius 1 is 1.11 bits per heavy atom. The minimum Gasteiger partial charge on any atom is -0.457 e. The molecule has 1 aliphatic carbocycles. The fourth-order valence-corrected chi connectivity index (χ4v) is 5.01. The average molecular weight is 436 g/mol. The molecule has 1 aromatic carbocycles. The Morgan fingerprint density at radius 2 is 1.89 bits per heavy atom. The first-order valence-corrected chi connectivity index (χ1v) is 10.9. The molecule has 1 aromatic heterocycles. The molecule has 0 spiro atoms. The monoisotopic (exact) mass is 435 g/mol. The highest BCUT2D eigenvalue weighted by atomic mass is 35.5. The molecule has 2 amide bonds. The van der Waals surface area contributed by atoms with Gasteiger partial charge in [0.1, 0.15) is 11.5 Å². The SMILES string of the molecule is O=C1S/C(=C\c2ccc(-c3ccc(Cl)cc3Cl)o2)C(=O)N1CC1CCCCC1. The number of furan rings is 1. The maximum absolute atomic E-state index is 12.7. The molecule has 0 bridgehead atoms. The first-order valence-electron chi connectivity index (χ1n) is 9.32. The summed E-state index contributed by atoms with van der Waals surface area (Å²) in [5, 5.41) is 0.836. The fourth-order valence-electron chi connectivity index (χ4n) is 3.68. The number of benzene rings is 1. The van der Waals surface area contributed by atoms with Gasteiger partial charge >= 0.3 is 0 Å². The lowest BCUT2D eigenvalue weighted by atomic mass is 9.89. The van der Waals surface area contributed by atoms with E-state index in [9.17, 15) is 9.59 Å². The van der Waals surface area contributed by atoms with Crippen LogP contribution in [0.5, 0.6) is 0 Å². The van der Waals surface area contributed by atoms with Crippen LogP contribution in [0, 0.1) is 5.92 Å². The van der Waals surface area contributed by atoms with Crippen molar-refractivity contribution in [3.8, 4) is 11.3 Å². The van der Waals surface area contributed by atoms with Gasteiger partial charge in [0.2, 0.25) is 0 Å². The van der Waals surface area contributed by atoms with Gasteiger partial charge in [-0.3, -0.25) is 14.5 Å². The summed E-state index contributed by atoms with van der Waals surface area (Å²) >= 11 is 13.1. The van der Waals surface area contributed by atoms with Gasteiger partial charge in [0.25, 0.3) is 11.1 Å². The van der Waals surface area contributed by atoms with E-state index in [4.69, 9.17) is 27.6 Å². The second kappa shape index (κ2) is 8.36. The second-order valence-corrected chi connectivity index (χ2v) is 8.96. The number of amides is 2. The molecule has 2 fully saturated rings. The van der Waals surface area contributed by atoms with Crippen LogP contribution in [0.2, 0.25) is 10.0 Å². The van der Waals surface area contributed by atoms with Crippen molar-refractivity contribution in [1.82, 2.24) is 4.90 Å². The van der Waals surface area contributed by atoms with E-state index >= 15 is 0 Å². The van der Waals surface area contributed by atoms with Crippen molar-refractivity contribution < 1.29 is 14.0 Å². The molecule has 146 valence electrons. The molecule has 1 saturated heterocycles. The molecule has 28 heavy (non-hydrogen) atoms. The quantitative estimate of drug-likeness (QED) is 0.491. The highest BCUT2D eigenvalue weighted by Gasteiger charge is 2.36. The minimum atomic E-state index is -0.233. The van der Waals surface area contributed by atoms with Crippen molar-refractivity contribution in [2.75, 3.05) is 6.54 Å². The van der Waals surface area contributed by atoms with Crippen LogP contribution >= 0.6 is 35.0 Å². The number of hydrogen-bond acceptors (Lipinski definition) is 4. The zero-order valence-corrected chi connectivity index (χ0v) is 17.4. The van der Waals surface area contributed by atoms with E-state index in [0.717, 1.165) is 30.2 Å². The topological polar surface area (TPSA) is 50.5 Å². The maximum atomic E-state index is 12.7. The van der Waals surface area contributed by atoms with Gasteiger partial charge in [-0.2, -0.15) is 0 Å². The first kappa shape index (κ1) is 19.6. The van der Waals surface area contributed by atoms with Gasteiger partial charge in [-0.05, 0) is 60.9 Å². The lowest BCUT2D eigenvalue weighted by molar-refractivity contribution is -0.123. The molecule has 0 unspecified atom stereocenters. The third-order valence-corrected chi connectivity index (χ3v) is 6.59. The van der Waals surface area contributed by atoms with Crippen molar-refractivity contribution in [3.05, 3.63) is 51.0 Å². The summed E-state index contributed by atoms with van der Waals surface area (Å²) in [6.45, 7) is 0.520. The van der Waals surface area contributed by atoms with E-state index in [2.05, 4.69) is 0 Å². The molecule has 2 aliphatic rings. The van der Waals surface area contributed by atoms with Gasteiger partial charge in [-0.15, -0.1) is 0 Å². The second-order valence-electron chi connectivity index (χ2n) is 7.12. The Morgan fingerprint density at radius 3 is 2.64 bits per heavy atom. The van der Waals surface area contributed by atoms with Crippen LogP contribution in [0.3, 0.4) is 0 Å². The van der Waals surface area contributed by atoms with Crippen molar-refractivity contribution in [2.45, 2.75) is 32.1 Å². The molecular weight excluding hydrogens is 417 g/mol. The van der Waals surface area contributed by atoms with E-state index < -0.39 is 0 Å². The minimum absolute atomic E-state index is 0.200. The molecule has 4 rings (SSSR count). The summed E-state index contributed by atoms with van der Waals surface area (Å²) in [7, 11) is 0. The molecule has 1 aliphatic heterocycles. The Hall–Kier alpha value is -1.69. The number of hydrogen-bond donors (Lipinski definition) is 0. The van der Waals surface area contributed by atoms with Crippen molar-refractivity contribution >= 4 is 52.2 Å². The van der Waals surface area contributed by atoms with Crippen LogP contribution in [0.4, 0.5) is 4.79 Å². The van der Waals surface area contributed by atoms with Crippen LogP contribution < -0.4 is 0 Å². The van der Waals surface area contributed by atoms with E-state index in [0.29, 0.717) is 38.9 Å². The highest BCUT2D eigenvalue weighted by Crippen LogP contribution is 2.36. The molecule has 2 aromatic rings. The van der Waals surface area contributed by atoms with Crippen molar-refractivity contribution in [1.29, 1.82) is 0 Å². The predicted octanol–water partition coefficient (Wildman–Crippen LogP) is 6.87. The smallest absolute Gasteiger partial charge is 0.293 e. The Balaban J connectivity index is 1.50. The fraction of sp³-hybridized carbons (Fsp3) is 0.333. The Labute approximate surface area is 177 Å². The Kier molecular flexibility index (Phi) is 5.85. The molecule has 2 heterocycles. The molecule has 0 radical (unpaired) electrons. The lowest BCUT2D eigenvalue weighted by Gasteiger charge is -2.25. The van der Waals surface area contributed by atoms with Gasteiger partial charge < -0.3 is 4.42 Å². The maximum Gasteiger partial charge on any atom is 0.293 e. The lowest BCUT2D eigenvalue weighted by Crippen LogP contribution is -2.34. The van der Waals surface area contributed by atoms with Crippen molar-refractivity contribution in [2.24, 2.45) is 5.92 Å². The van der Waals surface area contributed by atoms with Crippen LogP contribution in [-0.4, -0.2) is 22.6 Å². The summed E-state index contributed by atoms with van der Waals surface area (Å²) in [5.74, 6) is 1.27. The first-order chi connectivity index (χ1) is 13.5. The zero-order valence-electron chi connectivity index (χ0n) is 15.1. The molecule has 7 heteroatoms. The van der Waals surface area contributed by atoms with Gasteiger partial charge in [0, 0.05) is 23.2 Å². The molecule has 0 atom stereocenters. The van der Waals surface area contributed by atoms with Gasteiger partial charge in [0.05, 0.1) is 9.93 Å². The van der Waals surface area contributed by atoms with Crippen LogP contribution in [-0.2, 0) is 4.79 Å². The predicted molar refractivity (Wildman–Crippen MR) is 113 cm³/mol. The van der Waals surface area contributed by atoms with Crippen LogP contribution in [0.1, 0.15) is 37.9 Å². The summed E-state index contributed by atoms with van der Waals surface area (Å²) in [6, 6.07) is 8.72. The van der Waals surface area contributed by atoms with Gasteiger partial charge in [-0.25, -0.2) is 0 Å². The van der Waals surface area contributed by atoms with E-state index in [1.165, 1.54) is 24.2 Å². The highest BCUT2D eigenvalue weighted by molar-refractivity contribution is 8.18. The number of halogens is 2. The molecule has 1 saturated carbocycles. The van der Waals surface area contributed by atoms with E-state index in [1.54, 1.807) is 36.4 Å². The standard InChI is InChI=1S/C21H19Cl2NO3S/c22-14-6-8-16(17(23)10-14)18-9-7-15(27-18)11-19-20(25)24(21(26)28-19)12-13-4-2-1-3-5-13/h6-11,13H,1-5,12H2/b19-11-. The summed E-state index contributed by atoms with van der Waals surface area (Å²) in [5.41, 5.74) is 0.719. The van der Waals surface area contributed by atoms with Gasteiger partial charge in [-0.1, -0.05) is 42.5 Å². The molecule has 0 N–H and O–H groups in total. The Bertz CT molecular complexity index is 947. The third-order valence-electron chi connectivity index (χ3n) is 5.14. The van der Waals surface area contributed by atoms with Crippen LogP contribution in [0.25, 0.3) is 17.4 Å². The third kappa shape index (κ3) is 4.17. The number of nitrogens with zero attached hydrogens (tertiary/aromatic N) is 1. The number of rotatable bonds is 4. The summed E-state index contributed by atoms with van der Waals surface area (Å²) in [4.78, 5) is 26.8. The van der Waals surface area contributed by atoms with Crippen LogP contribution in [0.15, 0.2) is 39.7 Å². The number of thioether (sulfide) groups is 1. The van der Waals surface area contributed by atoms with Crippen molar-refractivity contribution in [3.63, 3.8) is 0 Å². The van der Waals surface area contributed by atoms with E-state index in [1.807, 2.05) is 0 Å². The van der Waals surface area contributed by atoms with Gasteiger partial charge in [0.15, 0.2) is 0 Å². The summed E-state index contributed by atoms with van der Waals surface area (Å²) in [6.07, 6.45) is 7.41. The largest absolute Gasteiger partial charge is 0.457 e. The zero-order chi connectivity index (χ0) is 19.7. The molecular formula is C21H19Cl2NO3S. The number of carbonyl (C=O) groups is 2. The normalized spacial score (nSPS) is 19.8. The summed E-state index contributed by atoms with van der Waals surface area (Å²) < 4.78 is 5.82. The number of imide groups is 1. The average Bonchev–Trinajstić information content (AvgIpc) is 3.23. The number of carbonyl (C=O) groups excluding carboxylic acids is 2. The molecule has 4 nitrogen and oxygen atoms in total. The van der Waals surface area contributed by atoms with E-state index in [-0.39, 0.29) is 11.1 Å².